The third kappa shape index (κ3) is 6.31. The van der Waals surface area contributed by atoms with Crippen molar-refractivity contribution in [3.63, 3.8) is 0 Å². The zero-order chi connectivity index (χ0) is 15.5. The molecule has 0 saturated heterocycles. The van der Waals surface area contributed by atoms with E-state index in [-0.39, 0.29) is 0 Å². The lowest BCUT2D eigenvalue weighted by Crippen LogP contribution is -2.11. The van der Waals surface area contributed by atoms with Crippen LogP contribution in [0, 0.1) is 17.8 Å². The second kappa shape index (κ2) is 10.4. The molecule has 21 heavy (non-hydrogen) atoms. The average Bonchev–Trinajstić information content (AvgIpc) is 2.53. The molecule has 1 aromatic carbocycles. The number of unbranched alkanes of at least 4 members (excludes halogenated alkanes) is 1. The minimum atomic E-state index is 0.310. The van der Waals surface area contributed by atoms with Gasteiger partial charge in [-0.15, -0.1) is 11.6 Å². The minimum absolute atomic E-state index is 0.310. The molecule has 1 atom stereocenters. The topological polar surface area (TPSA) is 18.5 Å². The monoisotopic (exact) mass is 308 g/mol. The summed E-state index contributed by atoms with van der Waals surface area (Å²) in [5.41, 5.74) is 0.834. The van der Waals surface area contributed by atoms with Gasteiger partial charge in [0.25, 0.3) is 0 Å². The Kier molecular flexibility index (Phi) is 8.78. The predicted molar refractivity (Wildman–Crippen MR) is 89.4 cm³/mol. The Bertz CT molecular complexity index is 474. The van der Waals surface area contributed by atoms with Crippen LogP contribution in [-0.4, -0.2) is 19.6 Å². The summed E-state index contributed by atoms with van der Waals surface area (Å²) in [5, 5.41) is 0. The summed E-state index contributed by atoms with van der Waals surface area (Å²) in [6.45, 7) is 5.17. The van der Waals surface area contributed by atoms with Crippen LogP contribution in [-0.2, 0) is 0 Å². The van der Waals surface area contributed by atoms with E-state index in [1.54, 1.807) is 7.11 Å². The maximum absolute atomic E-state index is 5.98. The zero-order valence-electron chi connectivity index (χ0n) is 13.2. The number of rotatable bonds is 8. The Morgan fingerprint density at radius 2 is 2.10 bits per heavy atom. The van der Waals surface area contributed by atoms with Gasteiger partial charge in [-0.3, -0.25) is 0 Å². The number of hydrogen-bond donors (Lipinski definition) is 0. The van der Waals surface area contributed by atoms with Crippen LogP contribution in [0.2, 0.25) is 0 Å². The first-order chi connectivity index (χ1) is 10.2. The molecule has 1 aromatic rings. The van der Waals surface area contributed by atoms with E-state index in [9.17, 15) is 0 Å². The van der Waals surface area contributed by atoms with Crippen molar-refractivity contribution in [3.8, 4) is 23.3 Å². The van der Waals surface area contributed by atoms with Crippen molar-refractivity contribution in [3.05, 3.63) is 23.8 Å². The van der Waals surface area contributed by atoms with Crippen LogP contribution in [0.25, 0.3) is 0 Å². The summed E-state index contributed by atoms with van der Waals surface area (Å²) >= 11 is 5.64. The first kappa shape index (κ1) is 17.7. The van der Waals surface area contributed by atoms with Crippen molar-refractivity contribution in [2.45, 2.75) is 39.5 Å². The van der Waals surface area contributed by atoms with E-state index in [2.05, 4.69) is 25.7 Å². The summed E-state index contributed by atoms with van der Waals surface area (Å²) in [5.74, 6) is 8.40. The molecule has 0 bridgehead atoms. The van der Waals surface area contributed by atoms with E-state index in [4.69, 9.17) is 21.1 Å². The summed E-state index contributed by atoms with van der Waals surface area (Å²) in [4.78, 5) is 0. The van der Waals surface area contributed by atoms with Crippen molar-refractivity contribution in [1.29, 1.82) is 0 Å². The second-order valence-electron chi connectivity index (χ2n) is 5.03. The molecule has 0 saturated carbocycles. The highest BCUT2D eigenvalue weighted by atomic mass is 35.5. The van der Waals surface area contributed by atoms with Crippen LogP contribution in [0.1, 0.15) is 45.1 Å². The Morgan fingerprint density at radius 3 is 2.71 bits per heavy atom. The van der Waals surface area contributed by atoms with Crippen molar-refractivity contribution < 1.29 is 9.47 Å². The molecular weight excluding hydrogens is 284 g/mol. The quantitative estimate of drug-likeness (QED) is 0.503. The van der Waals surface area contributed by atoms with Gasteiger partial charge >= 0.3 is 0 Å². The fourth-order valence-corrected chi connectivity index (χ4v) is 2.16. The number of methoxy groups -OCH3 is 1. The lowest BCUT2D eigenvalue weighted by atomic mass is 10.0. The molecule has 0 aromatic heterocycles. The van der Waals surface area contributed by atoms with E-state index < -0.39 is 0 Å². The maximum Gasteiger partial charge on any atom is 0.135 e. The molecule has 0 fully saturated rings. The van der Waals surface area contributed by atoms with E-state index in [1.807, 2.05) is 18.2 Å². The fourth-order valence-electron chi connectivity index (χ4n) is 2.09. The van der Waals surface area contributed by atoms with Crippen molar-refractivity contribution in [2.24, 2.45) is 5.92 Å². The molecule has 0 amide bonds. The van der Waals surface area contributed by atoms with Crippen LogP contribution in [0.4, 0.5) is 0 Å². The Hall–Kier alpha value is -1.33. The van der Waals surface area contributed by atoms with Crippen molar-refractivity contribution >= 4 is 11.6 Å². The van der Waals surface area contributed by atoms with Crippen LogP contribution in [0.3, 0.4) is 0 Å². The van der Waals surface area contributed by atoms with Crippen molar-refractivity contribution in [2.75, 3.05) is 19.6 Å². The second-order valence-corrected chi connectivity index (χ2v) is 5.29. The maximum atomic E-state index is 5.98. The molecule has 0 aliphatic rings. The van der Waals surface area contributed by atoms with Gasteiger partial charge in [0.05, 0.1) is 25.2 Å². The van der Waals surface area contributed by atoms with Crippen LogP contribution >= 0.6 is 11.6 Å². The molecule has 0 aliphatic heterocycles. The highest BCUT2D eigenvalue weighted by Gasteiger charge is 2.09. The number of benzene rings is 1. The van der Waals surface area contributed by atoms with Gasteiger partial charge in [0.1, 0.15) is 11.5 Å². The molecule has 0 heterocycles. The van der Waals surface area contributed by atoms with E-state index in [1.165, 1.54) is 19.3 Å². The van der Waals surface area contributed by atoms with Gasteiger partial charge in [-0.2, -0.15) is 0 Å². The van der Waals surface area contributed by atoms with Crippen LogP contribution in [0.15, 0.2) is 18.2 Å². The molecule has 0 radical (unpaired) electrons. The van der Waals surface area contributed by atoms with Gasteiger partial charge in [-0.25, -0.2) is 0 Å². The zero-order valence-corrected chi connectivity index (χ0v) is 14.0. The van der Waals surface area contributed by atoms with Gasteiger partial charge in [-0.1, -0.05) is 45.0 Å². The molecule has 0 aliphatic carbocycles. The van der Waals surface area contributed by atoms with E-state index >= 15 is 0 Å². The van der Waals surface area contributed by atoms with Gasteiger partial charge in [0.2, 0.25) is 0 Å². The first-order valence-corrected chi connectivity index (χ1v) is 8.14. The molecule has 2 nitrogen and oxygen atoms in total. The minimum Gasteiger partial charge on any atom is -0.497 e. The summed E-state index contributed by atoms with van der Waals surface area (Å²) in [7, 11) is 1.65. The summed E-state index contributed by atoms with van der Waals surface area (Å²) in [6, 6.07) is 5.71. The third-order valence-corrected chi connectivity index (χ3v) is 3.63. The first-order valence-electron chi connectivity index (χ1n) is 7.60. The number of halogens is 1. The van der Waals surface area contributed by atoms with E-state index in [0.29, 0.717) is 11.8 Å². The molecule has 3 heteroatoms. The molecular formula is C18H25ClO2. The van der Waals surface area contributed by atoms with Crippen LogP contribution < -0.4 is 9.47 Å². The largest absolute Gasteiger partial charge is 0.497 e. The van der Waals surface area contributed by atoms with Crippen LogP contribution in [0.5, 0.6) is 11.5 Å². The van der Waals surface area contributed by atoms with Gasteiger partial charge in [-0.05, 0) is 30.5 Å². The van der Waals surface area contributed by atoms with Gasteiger partial charge in [0.15, 0.2) is 0 Å². The standard InChI is InChI=1S/C18H25ClO2/c1-4-6-8-15(5-2)14-21-18-11-10-17(20-3)13-16(18)9-7-12-19/h10-11,13,15H,4-6,8,12,14H2,1-3H3. The summed E-state index contributed by atoms with van der Waals surface area (Å²) < 4.78 is 11.2. The smallest absolute Gasteiger partial charge is 0.135 e. The molecule has 1 rings (SSSR count). The molecule has 0 N–H and O–H groups in total. The number of hydrogen-bond acceptors (Lipinski definition) is 2. The van der Waals surface area contributed by atoms with Crippen molar-refractivity contribution in [1.82, 2.24) is 0 Å². The Morgan fingerprint density at radius 1 is 1.29 bits per heavy atom. The van der Waals surface area contributed by atoms with E-state index in [0.717, 1.165) is 30.1 Å². The van der Waals surface area contributed by atoms with Gasteiger partial charge in [0, 0.05) is 0 Å². The average molecular weight is 309 g/mol. The SMILES string of the molecule is CCCCC(CC)COc1ccc(OC)cc1C#CCCl. The third-order valence-electron chi connectivity index (χ3n) is 3.49. The lowest BCUT2D eigenvalue weighted by Gasteiger charge is -2.16. The normalized spacial score (nSPS) is 11.4. The number of ether oxygens (including phenoxy) is 2. The summed E-state index contributed by atoms with van der Waals surface area (Å²) in [6.07, 6.45) is 4.83. The Balaban J connectivity index is 2.76. The predicted octanol–water partition coefficient (Wildman–Crippen LogP) is 4.88. The molecule has 0 spiro atoms. The van der Waals surface area contributed by atoms with Gasteiger partial charge < -0.3 is 9.47 Å². The lowest BCUT2D eigenvalue weighted by molar-refractivity contribution is 0.232. The fraction of sp³-hybridized carbons (Fsp3) is 0.556. The highest BCUT2D eigenvalue weighted by Crippen LogP contribution is 2.25. The Labute approximate surface area is 133 Å². The number of alkyl halides is 1. The highest BCUT2D eigenvalue weighted by molar-refractivity contribution is 6.19. The molecule has 116 valence electrons. The molecule has 1 unspecified atom stereocenters.